The number of aromatic nitrogens is 2. The first-order valence-corrected chi connectivity index (χ1v) is 6.70. The van der Waals surface area contributed by atoms with Crippen LogP contribution in [0.2, 0.25) is 0 Å². The molecule has 104 valence electrons. The van der Waals surface area contributed by atoms with E-state index in [9.17, 15) is 4.79 Å². The largest absolute Gasteiger partial charge is 0.444 e. The molecule has 0 N–H and O–H groups in total. The second-order valence-corrected chi connectivity index (χ2v) is 5.87. The lowest BCUT2D eigenvalue weighted by molar-refractivity contribution is 0.0196. The van der Waals surface area contributed by atoms with Crippen LogP contribution in [0, 0.1) is 0 Å². The molecule has 1 aromatic rings. The van der Waals surface area contributed by atoms with Crippen molar-refractivity contribution in [2.75, 3.05) is 13.1 Å². The van der Waals surface area contributed by atoms with Gasteiger partial charge in [-0.15, -0.1) is 0 Å². The van der Waals surface area contributed by atoms with E-state index in [0.717, 1.165) is 25.2 Å². The lowest BCUT2D eigenvalue weighted by atomic mass is 9.97. The number of carbonyl (C=O) groups excluding carboxylic acids is 1. The van der Waals surface area contributed by atoms with Gasteiger partial charge in [0.1, 0.15) is 11.4 Å². The summed E-state index contributed by atoms with van der Waals surface area (Å²) in [4.78, 5) is 22.4. The SMILES string of the molecule is CC(C)(C)OC(=O)N1CCC[C@H](c2ncccn2)C1. The number of ether oxygens (including phenoxy) is 1. The number of hydrogen-bond acceptors (Lipinski definition) is 4. The maximum absolute atomic E-state index is 12.1. The quantitative estimate of drug-likeness (QED) is 0.781. The molecule has 0 unspecified atom stereocenters. The van der Waals surface area contributed by atoms with Crippen LogP contribution >= 0.6 is 0 Å². The first kappa shape index (κ1) is 13.8. The molecule has 1 fully saturated rings. The van der Waals surface area contributed by atoms with Gasteiger partial charge in [0.2, 0.25) is 0 Å². The Morgan fingerprint density at radius 3 is 2.68 bits per heavy atom. The number of rotatable bonds is 1. The van der Waals surface area contributed by atoms with Gasteiger partial charge in [-0.25, -0.2) is 14.8 Å². The van der Waals surface area contributed by atoms with Gasteiger partial charge in [0.05, 0.1) is 0 Å². The van der Waals surface area contributed by atoms with Crippen molar-refractivity contribution >= 4 is 6.09 Å². The lowest BCUT2D eigenvalue weighted by Crippen LogP contribution is -2.42. The fourth-order valence-electron chi connectivity index (χ4n) is 2.20. The average molecular weight is 263 g/mol. The summed E-state index contributed by atoms with van der Waals surface area (Å²) in [6.07, 6.45) is 5.22. The van der Waals surface area contributed by atoms with Gasteiger partial charge in [0.25, 0.3) is 0 Å². The fourth-order valence-corrected chi connectivity index (χ4v) is 2.20. The molecule has 1 aliphatic heterocycles. The molecule has 1 amide bonds. The molecule has 1 saturated heterocycles. The molecule has 0 spiro atoms. The maximum Gasteiger partial charge on any atom is 0.410 e. The average Bonchev–Trinajstić information content (AvgIpc) is 2.38. The third-order valence-electron chi connectivity index (χ3n) is 3.02. The van der Waals surface area contributed by atoms with Gasteiger partial charge in [0, 0.05) is 31.4 Å². The van der Waals surface area contributed by atoms with Gasteiger partial charge in [-0.2, -0.15) is 0 Å². The lowest BCUT2D eigenvalue weighted by Gasteiger charge is -2.33. The Morgan fingerprint density at radius 1 is 1.37 bits per heavy atom. The smallest absolute Gasteiger partial charge is 0.410 e. The second-order valence-electron chi connectivity index (χ2n) is 5.87. The number of amides is 1. The van der Waals surface area contributed by atoms with Crippen LogP contribution in [0.4, 0.5) is 4.79 Å². The molecule has 2 rings (SSSR count). The highest BCUT2D eigenvalue weighted by molar-refractivity contribution is 5.68. The Balaban J connectivity index is 2.00. The third-order valence-corrected chi connectivity index (χ3v) is 3.02. The maximum atomic E-state index is 12.1. The van der Waals surface area contributed by atoms with Crippen LogP contribution in [0.15, 0.2) is 18.5 Å². The number of carbonyl (C=O) groups is 1. The van der Waals surface area contributed by atoms with Gasteiger partial charge < -0.3 is 9.64 Å². The summed E-state index contributed by atoms with van der Waals surface area (Å²) in [6.45, 7) is 7.03. The highest BCUT2D eigenvalue weighted by atomic mass is 16.6. The molecule has 0 bridgehead atoms. The molecule has 0 aromatic carbocycles. The van der Waals surface area contributed by atoms with Crippen molar-refractivity contribution in [1.29, 1.82) is 0 Å². The van der Waals surface area contributed by atoms with Crippen molar-refractivity contribution in [3.8, 4) is 0 Å². The zero-order chi connectivity index (χ0) is 13.9. The van der Waals surface area contributed by atoms with Crippen molar-refractivity contribution in [3.63, 3.8) is 0 Å². The van der Waals surface area contributed by atoms with E-state index in [1.54, 1.807) is 23.4 Å². The predicted octanol–water partition coefficient (Wildman–Crippen LogP) is 2.59. The molecular weight excluding hydrogens is 242 g/mol. The minimum Gasteiger partial charge on any atom is -0.444 e. The Hall–Kier alpha value is -1.65. The minimum absolute atomic E-state index is 0.211. The van der Waals surface area contributed by atoms with Crippen molar-refractivity contribution in [2.24, 2.45) is 0 Å². The van der Waals surface area contributed by atoms with Crippen LogP contribution in [0.3, 0.4) is 0 Å². The predicted molar refractivity (Wildman–Crippen MR) is 71.8 cm³/mol. The zero-order valence-electron chi connectivity index (χ0n) is 11.8. The molecule has 5 heteroatoms. The monoisotopic (exact) mass is 263 g/mol. The van der Waals surface area contributed by atoms with E-state index in [4.69, 9.17) is 4.74 Å². The highest BCUT2D eigenvalue weighted by Gasteiger charge is 2.29. The van der Waals surface area contributed by atoms with Gasteiger partial charge in [-0.1, -0.05) is 0 Å². The Kier molecular flexibility index (Phi) is 4.02. The fraction of sp³-hybridized carbons (Fsp3) is 0.643. The van der Waals surface area contributed by atoms with Crippen molar-refractivity contribution in [2.45, 2.75) is 45.1 Å². The number of piperidine rings is 1. The summed E-state index contributed by atoms with van der Waals surface area (Å²) in [5.41, 5.74) is -0.451. The van der Waals surface area contributed by atoms with Gasteiger partial charge in [0.15, 0.2) is 0 Å². The number of nitrogens with zero attached hydrogens (tertiary/aromatic N) is 3. The summed E-state index contributed by atoms with van der Waals surface area (Å²) in [5, 5.41) is 0. The Morgan fingerprint density at radius 2 is 2.05 bits per heavy atom. The molecular formula is C14H21N3O2. The zero-order valence-corrected chi connectivity index (χ0v) is 11.8. The van der Waals surface area contributed by atoms with Crippen LogP contribution in [0.1, 0.15) is 45.4 Å². The molecule has 1 aromatic heterocycles. The van der Waals surface area contributed by atoms with E-state index in [0.29, 0.717) is 6.54 Å². The molecule has 0 aliphatic carbocycles. The molecule has 19 heavy (non-hydrogen) atoms. The van der Waals surface area contributed by atoms with Crippen molar-refractivity contribution < 1.29 is 9.53 Å². The first-order valence-electron chi connectivity index (χ1n) is 6.70. The molecule has 0 saturated carbocycles. The molecule has 2 heterocycles. The van der Waals surface area contributed by atoms with Crippen LogP contribution in [0.5, 0.6) is 0 Å². The van der Waals surface area contributed by atoms with Crippen LogP contribution in [-0.2, 0) is 4.74 Å². The highest BCUT2D eigenvalue weighted by Crippen LogP contribution is 2.25. The third kappa shape index (κ3) is 3.91. The van der Waals surface area contributed by atoms with E-state index in [-0.39, 0.29) is 12.0 Å². The molecule has 1 atom stereocenters. The van der Waals surface area contributed by atoms with Crippen LogP contribution < -0.4 is 0 Å². The molecule has 1 aliphatic rings. The number of hydrogen-bond donors (Lipinski definition) is 0. The van der Waals surface area contributed by atoms with Crippen LogP contribution in [-0.4, -0.2) is 39.7 Å². The standard InChI is InChI=1S/C14H21N3O2/c1-14(2,3)19-13(18)17-9-4-6-11(10-17)12-15-7-5-8-16-12/h5,7-8,11H,4,6,9-10H2,1-3H3/t11-/m0/s1. The van der Waals surface area contributed by atoms with Crippen LogP contribution in [0.25, 0.3) is 0 Å². The van der Waals surface area contributed by atoms with Crippen molar-refractivity contribution in [1.82, 2.24) is 14.9 Å². The topological polar surface area (TPSA) is 55.3 Å². The second kappa shape index (κ2) is 5.55. The van der Waals surface area contributed by atoms with Gasteiger partial charge >= 0.3 is 6.09 Å². The minimum atomic E-state index is -0.451. The van der Waals surface area contributed by atoms with Crippen molar-refractivity contribution in [3.05, 3.63) is 24.3 Å². The first-order chi connectivity index (χ1) is 8.96. The van der Waals surface area contributed by atoms with E-state index in [1.807, 2.05) is 20.8 Å². The van der Waals surface area contributed by atoms with E-state index >= 15 is 0 Å². The Bertz CT molecular complexity index is 428. The molecule has 5 nitrogen and oxygen atoms in total. The Labute approximate surface area is 114 Å². The van der Waals surface area contributed by atoms with E-state index < -0.39 is 5.60 Å². The van der Waals surface area contributed by atoms with E-state index in [1.165, 1.54) is 0 Å². The summed E-state index contributed by atoms with van der Waals surface area (Å²) in [6, 6.07) is 1.80. The van der Waals surface area contributed by atoms with Gasteiger partial charge in [-0.3, -0.25) is 0 Å². The van der Waals surface area contributed by atoms with Gasteiger partial charge in [-0.05, 0) is 39.7 Å². The summed E-state index contributed by atoms with van der Waals surface area (Å²) >= 11 is 0. The summed E-state index contributed by atoms with van der Waals surface area (Å²) in [7, 11) is 0. The summed E-state index contributed by atoms with van der Waals surface area (Å²) in [5.74, 6) is 1.03. The summed E-state index contributed by atoms with van der Waals surface area (Å²) < 4.78 is 5.41. The van der Waals surface area contributed by atoms with E-state index in [2.05, 4.69) is 9.97 Å². The molecule has 0 radical (unpaired) electrons. The normalized spacial score (nSPS) is 20.2. The number of likely N-dealkylation sites (tertiary alicyclic amines) is 1.